The number of amides is 1. The maximum atomic E-state index is 12.0. The Balaban J connectivity index is 1.54. The number of carbonyl (C=O) groups is 1. The lowest BCUT2D eigenvalue weighted by atomic mass is 10.0. The van der Waals surface area contributed by atoms with E-state index in [9.17, 15) is 4.79 Å². The number of benzene rings is 1. The van der Waals surface area contributed by atoms with E-state index in [0.717, 1.165) is 5.56 Å². The number of hydrogen-bond acceptors (Lipinski definition) is 2. The van der Waals surface area contributed by atoms with Crippen LogP contribution in [0, 0.1) is 17.8 Å². The molecule has 2 saturated carbocycles. The fraction of sp³-hybridized carbons (Fsp3) is 0.467. The van der Waals surface area contributed by atoms with E-state index in [1.54, 1.807) is 6.21 Å². The van der Waals surface area contributed by atoms with Gasteiger partial charge in [0.1, 0.15) is 0 Å². The van der Waals surface area contributed by atoms with Gasteiger partial charge in [0.05, 0.1) is 6.21 Å². The lowest BCUT2D eigenvalue weighted by molar-refractivity contribution is -0.122. The van der Waals surface area contributed by atoms with Gasteiger partial charge in [0, 0.05) is 10.9 Å². The van der Waals surface area contributed by atoms with Gasteiger partial charge in [0.2, 0.25) is 5.91 Å². The lowest BCUT2D eigenvalue weighted by Crippen LogP contribution is -2.20. The molecule has 4 heteroatoms. The fourth-order valence-electron chi connectivity index (χ4n) is 3.21. The van der Waals surface area contributed by atoms with Gasteiger partial charge in [-0.05, 0) is 42.4 Å². The average Bonchev–Trinajstić information content (AvgIpc) is 3.13. The van der Waals surface area contributed by atoms with Crippen LogP contribution in [0.25, 0.3) is 0 Å². The van der Waals surface area contributed by atoms with Gasteiger partial charge in [-0.3, -0.25) is 4.79 Å². The van der Waals surface area contributed by atoms with Crippen molar-refractivity contribution in [3.05, 3.63) is 34.9 Å². The number of nitrogens with one attached hydrogen (secondary N) is 1. The third-order valence-electron chi connectivity index (χ3n) is 4.20. The normalized spacial score (nSPS) is 29.0. The number of halogens is 1. The lowest BCUT2D eigenvalue weighted by Gasteiger charge is -2.04. The summed E-state index contributed by atoms with van der Waals surface area (Å²) in [6.45, 7) is 0. The minimum atomic E-state index is 0.0789. The molecule has 0 heterocycles. The molecule has 3 rings (SSSR count). The first kappa shape index (κ1) is 12.7. The quantitative estimate of drug-likeness (QED) is 0.668. The van der Waals surface area contributed by atoms with Gasteiger partial charge in [-0.25, -0.2) is 5.43 Å². The monoisotopic (exact) mass is 276 g/mol. The van der Waals surface area contributed by atoms with Crippen molar-refractivity contribution in [2.75, 3.05) is 0 Å². The summed E-state index contributed by atoms with van der Waals surface area (Å²) in [4.78, 5) is 12.0. The molecule has 19 heavy (non-hydrogen) atoms. The molecular weight excluding hydrogens is 260 g/mol. The molecule has 1 aromatic rings. The van der Waals surface area contributed by atoms with Crippen molar-refractivity contribution in [1.29, 1.82) is 0 Å². The molecule has 1 amide bonds. The maximum absolute atomic E-state index is 12.0. The molecule has 0 spiro atoms. The molecule has 0 saturated heterocycles. The molecule has 0 unspecified atom stereocenters. The minimum absolute atomic E-state index is 0.0789. The van der Waals surface area contributed by atoms with Gasteiger partial charge in [0.15, 0.2) is 0 Å². The average molecular weight is 277 g/mol. The highest BCUT2D eigenvalue weighted by molar-refractivity contribution is 6.30. The maximum Gasteiger partial charge on any atom is 0.243 e. The summed E-state index contributed by atoms with van der Waals surface area (Å²) in [7, 11) is 0. The number of rotatable bonds is 3. The topological polar surface area (TPSA) is 41.5 Å². The van der Waals surface area contributed by atoms with Crippen molar-refractivity contribution in [3.63, 3.8) is 0 Å². The van der Waals surface area contributed by atoms with Crippen LogP contribution in [-0.2, 0) is 4.79 Å². The Kier molecular flexibility index (Phi) is 3.56. The summed E-state index contributed by atoms with van der Waals surface area (Å²) >= 11 is 5.88. The van der Waals surface area contributed by atoms with Gasteiger partial charge in [-0.1, -0.05) is 36.6 Å². The van der Waals surface area contributed by atoms with E-state index in [2.05, 4.69) is 10.5 Å². The van der Waals surface area contributed by atoms with Crippen LogP contribution in [0.1, 0.15) is 31.2 Å². The highest BCUT2D eigenvalue weighted by Crippen LogP contribution is 2.55. The molecule has 1 aromatic carbocycles. The molecule has 0 bridgehead atoms. The van der Waals surface area contributed by atoms with Crippen molar-refractivity contribution in [2.24, 2.45) is 22.9 Å². The van der Waals surface area contributed by atoms with E-state index in [1.165, 1.54) is 25.7 Å². The van der Waals surface area contributed by atoms with E-state index in [0.29, 0.717) is 16.9 Å². The molecule has 2 aliphatic rings. The standard InChI is InChI=1S/C15H17ClN2O/c16-11-5-3-4-10(8-11)9-17-18-15(19)14-12-6-1-2-7-13(12)14/h3-5,8-9,12-14H,1-2,6-7H2,(H,18,19)/t12-,13-/m1/s1. The van der Waals surface area contributed by atoms with E-state index in [4.69, 9.17) is 11.6 Å². The van der Waals surface area contributed by atoms with E-state index in [-0.39, 0.29) is 11.8 Å². The Bertz CT molecular complexity index is 503. The predicted molar refractivity (Wildman–Crippen MR) is 76.1 cm³/mol. The van der Waals surface area contributed by atoms with Crippen molar-refractivity contribution in [1.82, 2.24) is 5.43 Å². The SMILES string of the molecule is O=C(NN=Cc1cccc(Cl)c1)C1[C@@H]2CCCC[C@@H]12. The second-order valence-electron chi connectivity index (χ2n) is 5.43. The van der Waals surface area contributed by atoms with E-state index in [1.807, 2.05) is 24.3 Å². The van der Waals surface area contributed by atoms with Crippen LogP contribution in [0.5, 0.6) is 0 Å². The summed E-state index contributed by atoms with van der Waals surface area (Å²) < 4.78 is 0. The minimum Gasteiger partial charge on any atom is -0.273 e. The molecule has 2 atom stereocenters. The molecule has 2 aliphatic carbocycles. The van der Waals surface area contributed by atoms with Gasteiger partial charge in [0.25, 0.3) is 0 Å². The smallest absolute Gasteiger partial charge is 0.243 e. The van der Waals surface area contributed by atoms with Crippen LogP contribution in [0.2, 0.25) is 5.02 Å². The zero-order chi connectivity index (χ0) is 13.2. The Hall–Kier alpha value is -1.35. The summed E-state index contributed by atoms with van der Waals surface area (Å²) in [6, 6.07) is 7.39. The zero-order valence-electron chi connectivity index (χ0n) is 10.7. The molecule has 100 valence electrons. The van der Waals surface area contributed by atoms with Crippen molar-refractivity contribution in [2.45, 2.75) is 25.7 Å². The molecule has 0 aromatic heterocycles. The molecule has 1 N–H and O–H groups in total. The molecular formula is C15H17ClN2O. The Morgan fingerprint density at radius 2 is 2.05 bits per heavy atom. The Morgan fingerprint density at radius 1 is 1.32 bits per heavy atom. The van der Waals surface area contributed by atoms with Gasteiger partial charge in [-0.2, -0.15) is 5.10 Å². The van der Waals surface area contributed by atoms with Crippen molar-refractivity contribution >= 4 is 23.7 Å². The summed E-state index contributed by atoms with van der Waals surface area (Å²) in [5, 5.41) is 4.69. The molecule has 0 radical (unpaired) electrons. The third kappa shape index (κ3) is 2.81. The number of carbonyl (C=O) groups excluding carboxylic acids is 1. The molecule has 0 aliphatic heterocycles. The fourth-order valence-corrected chi connectivity index (χ4v) is 3.41. The van der Waals surface area contributed by atoms with E-state index >= 15 is 0 Å². The summed E-state index contributed by atoms with van der Waals surface area (Å²) in [5.41, 5.74) is 3.55. The second-order valence-corrected chi connectivity index (χ2v) is 5.86. The number of fused-ring (bicyclic) bond motifs is 1. The first-order valence-electron chi connectivity index (χ1n) is 6.84. The molecule has 2 fully saturated rings. The number of nitrogens with zero attached hydrogens (tertiary/aromatic N) is 1. The van der Waals surface area contributed by atoms with Gasteiger partial charge < -0.3 is 0 Å². The largest absolute Gasteiger partial charge is 0.273 e. The van der Waals surface area contributed by atoms with Crippen molar-refractivity contribution in [3.8, 4) is 0 Å². The van der Waals surface area contributed by atoms with Crippen LogP contribution in [0.3, 0.4) is 0 Å². The van der Waals surface area contributed by atoms with Crippen molar-refractivity contribution < 1.29 is 4.79 Å². The zero-order valence-corrected chi connectivity index (χ0v) is 11.4. The van der Waals surface area contributed by atoms with Crippen LogP contribution in [-0.4, -0.2) is 12.1 Å². The van der Waals surface area contributed by atoms with Crippen LogP contribution >= 0.6 is 11.6 Å². The van der Waals surface area contributed by atoms with Gasteiger partial charge in [-0.15, -0.1) is 0 Å². The van der Waals surface area contributed by atoms with Gasteiger partial charge >= 0.3 is 0 Å². The summed E-state index contributed by atoms with van der Waals surface area (Å²) in [5.74, 6) is 1.53. The van der Waals surface area contributed by atoms with Crippen LogP contribution < -0.4 is 5.43 Å². The first-order chi connectivity index (χ1) is 9.25. The van der Waals surface area contributed by atoms with Crippen LogP contribution in [0.15, 0.2) is 29.4 Å². The Labute approximate surface area is 118 Å². The Morgan fingerprint density at radius 3 is 2.74 bits per heavy atom. The third-order valence-corrected chi connectivity index (χ3v) is 4.43. The van der Waals surface area contributed by atoms with E-state index < -0.39 is 0 Å². The predicted octanol–water partition coefficient (Wildman–Crippen LogP) is 3.23. The molecule has 3 nitrogen and oxygen atoms in total. The highest BCUT2D eigenvalue weighted by Gasteiger charge is 2.54. The van der Waals surface area contributed by atoms with Crippen LogP contribution in [0.4, 0.5) is 0 Å². The number of hydrazone groups is 1. The number of hydrogen-bond donors (Lipinski definition) is 1. The highest BCUT2D eigenvalue weighted by atomic mass is 35.5. The summed E-state index contributed by atoms with van der Waals surface area (Å²) in [6.07, 6.45) is 6.60. The first-order valence-corrected chi connectivity index (χ1v) is 7.22. The second kappa shape index (κ2) is 5.33.